The number of hydrogen-bond acceptors (Lipinski definition) is 2. The van der Waals surface area contributed by atoms with E-state index in [0.29, 0.717) is 0 Å². The molecule has 0 radical (unpaired) electrons. The number of aryl methyl sites for hydroxylation is 2. The molecule has 0 amide bonds. The fourth-order valence-corrected chi connectivity index (χ4v) is 5.15. The molecule has 0 saturated heterocycles. The summed E-state index contributed by atoms with van der Waals surface area (Å²) in [6.07, 6.45) is 28.0. The molecule has 2 N–H and O–H groups in total. The average Bonchev–Trinajstić information content (AvgIpc) is 2.86. The van der Waals surface area contributed by atoms with Crippen LogP contribution in [-0.4, -0.2) is 17.5 Å². The molecule has 0 atom stereocenters. The lowest BCUT2D eigenvalue weighted by molar-refractivity contribution is 0.381. The largest absolute Gasteiger partial charge is 0.394 e. The summed E-state index contributed by atoms with van der Waals surface area (Å²) in [7, 11) is -4.67. The lowest BCUT2D eigenvalue weighted by Crippen LogP contribution is -1.97. The molecule has 0 fully saturated rings. The quantitative estimate of drug-likeness (QED) is 0.131. The fourth-order valence-electron chi connectivity index (χ4n) is 5.15. The zero-order valence-corrected chi connectivity index (χ0v) is 24.5. The normalized spacial score (nSPS) is 11.5. The van der Waals surface area contributed by atoms with Gasteiger partial charge in [0.1, 0.15) is 0 Å². The summed E-state index contributed by atoms with van der Waals surface area (Å²) in [5.74, 6) is 0. The standard InChI is InChI=1S/C32H52.H2O4S/c1-3-5-7-9-11-13-15-17-19-23-29-27-28-30-24-21-22-26-32(30)31(29)25-20-18-16-14-12-10-8-6-4-2;1-5(2,3)4/h21-22,24,26-28H,3-20,23,25H2,1-2H3;(H2,1,2,3,4). The van der Waals surface area contributed by atoms with Gasteiger partial charge >= 0.3 is 10.4 Å². The van der Waals surface area contributed by atoms with E-state index in [1.807, 2.05) is 0 Å². The third-order valence-corrected chi connectivity index (χ3v) is 7.22. The zero-order valence-electron chi connectivity index (χ0n) is 23.7. The van der Waals surface area contributed by atoms with Crippen molar-refractivity contribution in [3.63, 3.8) is 0 Å². The Labute approximate surface area is 228 Å². The molecule has 212 valence electrons. The summed E-state index contributed by atoms with van der Waals surface area (Å²) >= 11 is 0. The van der Waals surface area contributed by atoms with Crippen LogP contribution in [0.5, 0.6) is 0 Å². The van der Waals surface area contributed by atoms with Crippen molar-refractivity contribution in [2.45, 2.75) is 142 Å². The van der Waals surface area contributed by atoms with E-state index >= 15 is 0 Å². The molecule has 2 rings (SSSR count). The van der Waals surface area contributed by atoms with Gasteiger partial charge in [-0.1, -0.05) is 153 Å². The zero-order chi connectivity index (χ0) is 27.2. The van der Waals surface area contributed by atoms with E-state index in [4.69, 9.17) is 17.5 Å². The van der Waals surface area contributed by atoms with Crippen LogP contribution in [0.2, 0.25) is 0 Å². The molecule has 0 bridgehead atoms. The topological polar surface area (TPSA) is 74.6 Å². The predicted octanol–water partition coefficient (Wildman–Crippen LogP) is 10.3. The van der Waals surface area contributed by atoms with Crippen molar-refractivity contribution in [1.29, 1.82) is 0 Å². The molecule has 0 unspecified atom stereocenters. The SMILES string of the molecule is CCCCCCCCCCCc1ccc2ccccc2c1CCCCCCCCCCC.O=S(=O)(O)O. The molecule has 0 aliphatic carbocycles. The van der Waals surface area contributed by atoms with Crippen LogP contribution >= 0.6 is 0 Å². The molecule has 0 aliphatic heterocycles. The maximum Gasteiger partial charge on any atom is 0.394 e. The van der Waals surface area contributed by atoms with E-state index < -0.39 is 10.4 Å². The van der Waals surface area contributed by atoms with Crippen LogP contribution in [0.15, 0.2) is 36.4 Å². The van der Waals surface area contributed by atoms with E-state index in [0.717, 1.165) is 0 Å². The summed E-state index contributed by atoms with van der Waals surface area (Å²) in [4.78, 5) is 0. The van der Waals surface area contributed by atoms with E-state index in [9.17, 15) is 0 Å². The third kappa shape index (κ3) is 18.5. The molecular formula is C32H54O4S. The predicted molar refractivity (Wildman–Crippen MR) is 160 cm³/mol. The Morgan fingerprint density at radius 3 is 1.43 bits per heavy atom. The van der Waals surface area contributed by atoms with Crippen molar-refractivity contribution in [3.8, 4) is 0 Å². The number of rotatable bonds is 20. The molecule has 5 heteroatoms. The maximum atomic E-state index is 8.74. The number of benzene rings is 2. The van der Waals surface area contributed by atoms with Crippen LogP contribution in [0.25, 0.3) is 10.8 Å². The molecule has 0 saturated carbocycles. The van der Waals surface area contributed by atoms with Gasteiger partial charge < -0.3 is 0 Å². The summed E-state index contributed by atoms with van der Waals surface area (Å²) in [6.45, 7) is 4.60. The summed E-state index contributed by atoms with van der Waals surface area (Å²) in [5, 5.41) is 2.94. The smallest absolute Gasteiger partial charge is 0.264 e. The second kappa shape index (κ2) is 21.5. The van der Waals surface area contributed by atoms with Crippen molar-refractivity contribution >= 4 is 21.2 Å². The Kier molecular flexibility index (Phi) is 19.5. The van der Waals surface area contributed by atoms with Crippen LogP contribution in [0.1, 0.15) is 141 Å². The molecule has 0 aromatic heterocycles. The van der Waals surface area contributed by atoms with Crippen LogP contribution < -0.4 is 0 Å². The van der Waals surface area contributed by atoms with Gasteiger partial charge in [-0.05, 0) is 47.6 Å². The van der Waals surface area contributed by atoms with Crippen molar-refractivity contribution in [1.82, 2.24) is 0 Å². The number of hydrogen-bond donors (Lipinski definition) is 2. The maximum absolute atomic E-state index is 8.74. The first kappa shape index (κ1) is 33.6. The lowest BCUT2D eigenvalue weighted by atomic mass is 9.91. The molecule has 0 heterocycles. The molecular weight excluding hydrogens is 480 g/mol. The van der Waals surface area contributed by atoms with Gasteiger partial charge in [-0.2, -0.15) is 8.42 Å². The minimum absolute atomic E-state index is 1.27. The first-order valence-corrected chi connectivity index (χ1v) is 16.5. The Bertz CT molecular complexity index is 916. The van der Waals surface area contributed by atoms with E-state index in [2.05, 4.69) is 50.2 Å². The van der Waals surface area contributed by atoms with Gasteiger partial charge in [-0.15, -0.1) is 0 Å². The van der Waals surface area contributed by atoms with Crippen molar-refractivity contribution in [2.24, 2.45) is 0 Å². The summed E-state index contributed by atoms with van der Waals surface area (Å²) in [5.41, 5.74) is 3.29. The molecule has 2 aromatic rings. The van der Waals surface area contributed by atoms with Gasteiger partial charge in [0.05, 0.1) is 0 Å². The van der Waals surface area contributed by atoms with Crippen molar-refractivity contribution in [3.05, 3.63) is 47.5 Å². The first-order valence-electron chi connectivity index (χ1n) is 15.1. The highest BCUT2D eigenvalue weighted by Gasteiger charge is 2.08. The van der Waals surface area contributed by atoms with Crippen LogP contribution in [0.4, 0.5) is 0 Å². The third-order valence-electron chi connectivity index (χ3n) is 7.22. The van der Waals surface area contributed by atoms with Crippen LogP contribution in [0.3, 0.4) is 0 Å². The van der Waals surface area contributed by atoms with Gasteiger partial charge in [-0.3, -0.25) is 9.11 Å². The Hall–Kier alpha value is -1.43. The first-order chi connectivity index (χ1) is 17.9. The molecule has 0 spiro atoms. The Morgan fingerprint density at radius 1 is 0.541 bits per heavy atom. The van der Waals surface area contributed by atoms with Gasteiger partial charge in [-0.25, -0.2) is 0 Å². The fraction of sp³-hybridized carbons (Fsp3) is 0.688. The minimum Gasteiger partial charge on any atom is -0.264 e. The number of fused-ring (bicyclic) bond motifs is 1. The highest BCUT2D eigenvalue weighted by Crippen LogP contribution is 2.26. The van der Waals surface area contributed by atoms with E-state index in [-0.39, 0.29) is 0 Å². The molecule has 37 heavy (non-hydrogen) atoms. The van der Waals surface area contributed by atoms with Crippen LogP contribution in [0, 0.1) is 0 Å². The molecule has 4 nitrogen and oxygen atoms in total. The van der Waals surface area contributed by atoms with Crippen molar-refractivity contribution < 1.29 is 17.5 Å². The highest BCUT2D eigenvalue weighted by molar-refractivity contribution is 7.79. The summed E-state index contributed by atoms with van der Waals surface area (Å²) in [6, 6.07) is 13.9. The lowest BCUT2D eigenvalue weighted by Gasteiger charge is -2.14. The average molecular weight is 535 g/mol. The van der Waals surface area contributed by atoms with E-state index in [1.54, 1.807) is 11.1 Å². The van der Waals surface area contributed by atoms with Crippen LogP contribution in [-0.2, 0) is 23.2 Å². The minimum atomic E-state index is -4.67. The number of unbranched alkanes of at least 4 members (excludes halogenated alkanes) is 16. The van der Waals surface area contributed by atoms with Gasteiger partial charge in [0, 0.05) is 0 Å². The van der Waals surface area contributed by atoms with E-state index in [1.165, 1.54) is 139 Å². The van der Waals surface area contributed by atoms with Gasteiger partial charge in [0.15, 0.2) is 0 Å². The van der Waals surface area contributed by atoms with Gasteiger partial charge in [0.25, 0.3) is 0 Å². The Balaban J connectivity index is 0.00000124. The monoisotopic (exact) mass is 534 g/mol. The second-order valence-electron chi connectivity index (χ2n) is 10.5. The second-order valence-corrected chi connectivity index (χ2v) is 11.4. The van der Waals surface area contributed by atoms with Gasteiger partial charge in [0.2, 0.25) is 0 Å². The molecule has 2 aromatic carbocycles. The van der Waals surface area contributed by atoms with Crippen molar-refractivity contribution in [2.75, 3.05) is 0 Å². The highest BCUT2D eigenvalue weighted by atomic mass is 32.3. The molecule has 0 aliphatic rings. The Morgan fingerprint density at radius 2 is 0.946 bits per heavy atom. The summed E-state index contributed by atoms with van der Waals surface area (Å²) < 4.78 is 31.6.